The Bertz CT molecular complexity index is 280. The highest BCUT2D eigenvalue weighted by Gasteiger charge is 2.15. The lowest BCUT2D eigenvalue weighted by Crippen LogP contribution is -1.86. The highest BCUT2D eigenvalue weighted by atomic mass is 32.2. The predicted octanol–water partition coefficient (Wildman–Crippen LogP) is 1.35. The molecule has 2 heteroatoms. The summed E-state index contributed by atoms with van der Waals surface area (Å²) in [6.45, 7) is 0. The second kappa shape index (κ2) is 2.20. The summed E-state index contributed by atoms with van der Waals surface area (Å²) in [5, 5.41) is 0. The van der Waals surface area contributed by atoms with E-state index in [1.54, 1.807) is 0 Å². The quantitative estimate of drug-likeness (QED) is 0.548. The van der Waals surface area contributed by atoms with Crippen molar-refractivity contribution < 1.29 is 4.21 Å². The normalized spacial score (nSPS) is 22.6. The van der Waals surface area contributed by atoms with Crippen molar-refractivity contribution in [1.82, 2.24) is 0 Å². The van der Waals surface area contributed by atoms with Gasteiger partial charge in [-0.25, -0.2) is 0 Å². The zero-order valence-corrected chi connectivity index (χ0v) is 6.36. The Balaban J connectivity index is 2.61. The van der Waals surface area contributed by atoms with Gasteiger partial charge < -0.3 is 0 Å². The summed E-state index contributed by atoms with van der Waals surface area (Å²) in [6.07, 6.45) is 0.989. The maximum atomic E-state index is 11.2. The minimum absolute atomic E-state index is 0.698. The molecule has 1 atom stereocenters. The number of aryl methyl sites for hydroxylation is 1. The van der Waals surface area contributed by atoms with E-state index in [2.05, 4.69) is 6.07 Å². The van der Waals surface area contributed by atoms with Gasteiger partial charge in [0.1, 0.15) is 0 Å². The molecule has 52 valence electrons. The highest BCUT2D eigenvalue weighted by molar-refractivity contribution is 7.85. The average molecular weight is 152 g/mol. The Labute approximate surface area is 62.5 Å². The number of benzene rings is 1. The molecule has 1 aromatic carbocycles. The van der Waals surface area contributed by atoms with E-state index in [1.807, 2.05) is 18.2 Å². The van der Waals surface area contributed by atoms with Crippen LogP contribution in [-0.4, -0.2) is 9.96 Å². The van der Waals surface area contributed by atoms with Crippen LogP contribution in [-0.2, 0) is 17.2 Å². The van der Waals surface area contributed by atoms with E-state index in [9.17, 15) is 4.21 Å². The van der Waals surface area contributed by atoms with Crippen molar-refractivity contribution in [2.24, 2.45) is 0 Å². The lowest BCUT2D eigenvalue weighted by Gasteiger charge is -1.92. The monoisotopic (exact) mass is 152 g/mol. The van der Waals surface area contributed by atoms with Gasteiger partial charge in [-0.3, -0.25) is 4.21 Å². The fourth-order valence-electron chi connectivity index (χ4n) is 1.25. The fourth-order valence-corrected chi connectivity index (χ4v) is 2.56. The maximum Gasteiger partial charge on any atom is 0.0535 e. The van der Waals surface area contributed by atoms with Crippen LogP contribution >= 0.6 is 0 Å². The van der Waals surface area contributed by atoms with Gasteiger partial charge in [0.25, 0.3) is 0 Å². The van der Waals surface area contributed by atoms with Crippen molar-refractivity contribution >= 4 is 10.8 Å². The summed E-state index contributed by atoms with van der Waals surface area (Å²) >= 11 is 0. The van der Waals surface area contributed by atoms with Crippen molar-refractivity contribution in [1.29, 1.82) is 0 Å². The van der Waals surface area contributed by atoms with E-state index < -0.39 is 10.8 Å². The van der Waals surface area contributed by atoms with Crippen molar-refractivity contribution in [2.45, 2.75) is 11.3 Å². The lowest BCUT2D eigenvalue weighted by atomic mass is 10.2. The number of fused-ring (bicyclic) bond motifs is 1. The minimum Gasteiger partial charge on any atom is -0.254 e. The van der Waals surface area contributed by atoms with E-state index in [1.165, 1.54) is 5.56 Å². The Morgan fingerprint density at radius 2 is 2.10 bits per heavy atom. The predicted molar refractivity (Wildman–Crippen MR) is 41.4 cm³/mol. The van der Waals surface area contributed by atoms with Crippen molar-refractivity contribution in [3.8, 4) is 0 Å². The molecule has 0 saturated heterocycles. The topological polar surface area (TPSA) is 17.1 Å². The maximum absolute atomic E-state index is 11.2. The minimum atomic E-state index is -0.698. The van der Waals surface area contributed by atoms with Crippen LogP contribution in [0.2, 0.25) is 0 Å². The van der Waals surface area contributed by atoms with Crippen LogP contribution in [0.15, 0.2) is 29.2 Å². The van der Waals surface area contributed by atoms with E-state index in [0.717, 1.165) is 17.1 Å². The third kappa shape index (κ3) is 0.797. The van der Waals surface area contributed by atoms with Crippen LogP contribution < -0.4 is 0 Å². The van der Waals surface area contributed by atoms with Crippen molar-refractivity contribution in [2.75, 3.05) is 5.75 Å². The smallest absolute Gasteiger partial charge is 0.0535 e. The standard InChI is InChI=1S/C8H8OS/c9-10-6-5-7-3-1-2-4-8(7)10/h1-4H,5-6H2/t10-/m0/s1. The molecule has 0 N–H and O–H groups in total. The molecular formula is C8H8OS. The molecule has 0 radical (unpaired) electrons. The van der Waals surface area contributed by atoms with Gasteiger partial charge >= 0.3 is 0 Å². The van der Waals surface area contributed by atoms with E-state index in [0.29, 0.717) is 0 Å². The molecular weight excluding hydrogens is 144 g/mol. The molecule has 0 fully saturated rings. The summed E-state index contributed by atoms with van der Waals surface area (Å²) in [6, 6.07) is 7.96. The second-order valence-corrected chi connectivity index (χ2v) is 3.95. The first-order chi connectivity index (χ1) is 4.88. The molecule has 1 aromatic rings. The van der Waals surface area contributed by atoms with Gasteiger partial charge in [0.2, 0.25) is 0 Å². The largest absolute Gasteiger partial charge is 0.254 e. The summed E-state index contributed by atoms with van der Waals surface area (Å²) < 4.78 is 11.2. The molecule has 1 heterocycles. The first kappa shape index (κ1) is 6.10. The molecule has 1 aliphatic heterocycles. The number of rotatable bonds is 0. The molecule has 0 bridgehead atoms. The number of hydrogen-bond acceptors (Lipinski definition) is 1. The van der Waals surface area contributed by atoms with Gasteiger partial charge in [-0.1, -0.05) is 18.2 Å². The highest BCUT2D eigenvalue weighted by Crippen LogP contribution is 2.21. The Morgan fingerprint density at radius 3 is 2.90 bits per heavy atom. The molecule has 2 rings (SSSR count). The van der Waals surface area contributed by atoms with Gasteiger partial charge in [0.15, 0.2) is 0 Å². The zero-order valence-electron chi connectivity index (χ0n) is 5.54. The Kier molecular flexibility index (Phi) is 1.34. The third-order valence-corrected chi connectivity index (χ3v) is 3.24. The molecule has 1 nitrogen and oxygen atoms in total. The van der Waals surface area contributed by atoms with Crippen LogP contribution in [0.5, 0.6) is 0 Å². The van der Waals surface area contributed by atoms with Crippen molar-refractivity contribution in [3.05, 3.63) is 29.8 Å². The Morgan fingerprint density at radius 1 is 1.30 bits per heavy atom. The molecule has 1 aliphatic rings. The van der Waals surface area contributed by atoms with Crippen LogP contribution in [0.1, 0.15) is 5.56 Å². The van der Waals surface area contributed by atoms with Crippen molar-refractivity contribution in [3.63, 3.8) is 0 Å². The van der Waals surface area contributed by atoms with Crippen LogP contribution in [0.25, 0.3) is 0 Å². The third-order valence-electron chi connectivity index (χ3n) is 1.77. The van der Waals surface area contributed by atoms with Crippen LogP contribution in [0.3, 0.4) is 0 Å². The van der Waals surface area contributed by atoms with Gasteiger partial charge in [0.05, 0.1) is 10.8 Å². The van der Waals surface area contributed by atoms with Crippen LogP contribution in [0, 0.1) is 0 Å². The number of hydrogen-bond donors (Lipinski definition) is 0. The average Bonchev–Trinajstić information content (AvgIpc) is 2.34. The second-order valence-electron chi connectivity index (χ2n) is 2.41. The molecule has 0 amide bonds. The summed E-state index contributed by atoms with van der Waals surface area (Å²) in [4.78, 5) is 1.04. The first-order valence-corrected chi connectivity index (χ1v) is 4.66. The van der Waals surface area contributed by atoms with E-state index in [-0.39, 0.29) is 0 Å². The van der Waals surface area contributed by atoms with Gasteiger partial charge in [0, 0.05) is 10.6 Å². The molecule has 10 heavy (non-hydrogen) atoms. The molecule has 0 unspecified atom stereocenters. The van der Waals surface area contributed by atoms with E-state index >= 15 is 0 Å². The molecule has 0 spiro atoms. The Hall–Kier alpha value is -0.630. The molecule has 0 saturated carbocycles. The molecule has 0 aromatic heterocycles. The lowest BCUT2D eigenvalue weighted by molar-refractivity contribution is 0.685. The van der Waals surface area contributed by atoms with E-state index in [4.69, 9.17) is 0 Å². The van der Waals surface area contributed by atoms with Gasteiger partial charge in [-0.05, 0) is 18.1 Å². The summed E-state index contributed by atoms with van der Waals surface area (Å²) in [5.74, 6) is 0.819. The fraction of sp³-hybridized carbons (Fsp3) is 0.250. The van der Waals surface area contributed by atoms with Crippen LogP contribution in [0.4, 0.5) is 0 Å². The van der Waals surface area contributed by atoms with Gasteiger partial charge in [-0.2, -0.15) is 0 Å². The zero-order chi connectivity index (χ0) is 6.97. The molecule has 0 aliphatic carbocycles. The summed E-state index contributed by atoms with van der Waals surface area (Å²) in [7, 11) is -0.698. The van der Waals surface area contributed by atoms with Gasteiger partial charge in [-0.15, -0.1) is 0 Å². The SMILES string of the molecule is O=[S@]1CCc2ccccc21. The first-order valence-electron chi connectivity index (χ1n) is 3.34. The summed E-state index contributed by atoms with van der Waals surface area (Å²) in [5.41, 5.74) is 1.26.